The average molecular weight is 528 g/mol. The first-order valence-electron chi connectivity index (χ1n) is 12.1. The van der Waals surface area contributed by atoms with Crippen LogP contribution < -0.4 is 20.1 Å². The van der Waals surface area contributed by atoms with Gasteiger partial charge in [0.25, 0.3) is 11.8 Å². The largest absolute Gasteiger partial charge is 0.490 e. The van der Waals surface area contributed by atoms with Gasteiger partial charge in [-0.15, -0.1) is 0 Å². The van der Waals surface area contributed by atoms with Crippen LogP contribution in [-0.4, -0.2) is 38.1 Å². The molecule has 0 aliphatic heterocycles. The summed E-state index contributed by atoms with van der Waals surface area (Å²) in [6.07, 6.45) is 1.41. The summed E-state index contributed by atoms with van der Waals surface area (Å²) in [6, 6.07) is 18.5. The van der Waals surface area contributed by atoms with Crippen molar-refractivity contribution in [1.82, 2.24) is 0 Å². The fourth-order valence-electron chi connectivity index (χ4n) is 3.54. The van der Waals surface area contributed by atoms with Crippen molar-refractivity contribution in [3.8, 4) is 17.6 Å². The van der Waals surface area contributed by atoms with Gasteiger partial charge >= 0.3 is 5.97 Å². The summed E-state index contributed by atoms with van der Waals surface area (Å²) < 4.78 is 16.0. The number of nitrogens with zero attached hydrogens (tertiary/aromatic N) is 1. The van der Waals surface area contributed by atoms with Crippen LogP contribution in [-0.2, 0) is 14.3 Å². The smallest absolute Gasteiger partial charge is 0.337 e. The number of esters is 1. The lowest BCUT2D eigenvalue weighted by Crippen LogP contribution is -2.21. The zero-order valence-corrected chi connectivity index (χ0v) is 22.2. The Balaban J connectivity index is 1.70. The molecule has 0 aliphatic rings. The lowest BCUT2D eigenvalue weighted by Gasteiger charge is -2.14. The van der Waals surface area contributed by atoms with Crippen molar-refractivity contribution >= 4 is 35.2 Å². The third kappa shape index (κ3) is 7.69. The molecule has 0 aliphatic carbocycles. The van der Waals surface area contributed by atoms with Crippen LogP contribution >= 0.6 is 0 Å². The van der Waals surface area contributed by atoms with Crippen LogP contribution in [0.1, 0.15) is 34.0 Å². The molecular formula is C30H29N3O6. The van der Waals surface area contributed by atoms with Gasteiger partial charge in [0, 0.05) is 11.4 Å². The summed E-state index contributed by atoms with van der Waals surface area (Å²) in [6.45, 7) is 5.81. The van der Waals surface area contributed by atoms with E-state index >= 15 is 0 Å². The molecule has 3 aromatic carbocycles. The van der Waals surface area contributed by atoms with Gasteiger partial charge in [-0.2, -0.15) is 5.26 Å². The maximum atomic E-state index is 12.7. The van der Waals surface area contributed by atoms with Crippen molar-refractivity contribution in [1.29, 1.82) is 5.26 Å². The Morgan fingerprint density at radius 1 is 0.949 bits per heavy atom. The second kappa shape index (κ2) is 13.4. The second-order valence-electron chi connectivity index (χ2n) is 8.42. The number of aryl methyl sites for hydroxylation is 1. The van der Waals surface area contributed by atoms with Gasteiger partial charge in [-0.05, 0) is 86.0 Å². The Bertz CT molecular complexity index is 1440. The summed E-state index contributed by atoms with van der Waals surface area (Å²) in [5, 5.41) is 15.0. The Morgan fingerprint density at radius 3 is 2.36 bits per heavy atom. The van der Waals surface area contributed by atoms with Crippen LogP contribution in [0.5, 0.6) is 11.5 Å². The molecule has 0 bridgehead atoms. The standard InChI is InChI=1S/C30H29N3O6/c1-5-38-27-16-21(9-14-26(27)39-18-28(34)33-25-8-6-7-19(2)20(25)3)15-23(17-31)29(35)32-24-12-10-22(11-13-24)30(36)37-4/h6-16H,5,18H2,1-4H3,(H,32,35)(H,33,34)/b23-15-. The van der Waals surface area contributed by atoms with Crippen LogP contribution in [0.4, 0.5) is 11.4 Å². The van der Waals surface area contributed by atoms with Gasteiger partial charge in [0.1, 0.15) is 11.6 Å². The summed E-state index contributed by atoms with van der Waals surface area (Å²) >= 11 is 0. The Labute approximate surface area is 227 Å². The van der Waals surface area contributed by atoms with Crippen LogP contribution in [0, 0.1) is 25.2 Å². The zero-order chi connectivity index (χ0) is 28.4. The highest BCUT2D eigenvalue weighted by molar-refractivity contribution is 6.09. The van der Waals surface area contributed by atoms with E-state index in [1.165, 1.54) is 37.5 Å². The number of nitrogens with one attached hydrogen (secondary N) is 2. The topological polar surface area (TPSA) is 127 Å². The Morgan fingerprint density at radius 2 is 1.69 bits per heavy atom. The van der Waals surface area contributed by atoms with E-state index in [0.717, 1.165) is 16.8 Å². The predicted octanol–water partition coefficient (Wildman–Crippen LogP) is 5.05. The molecule has 9 heteroatoms. The quantitative estimate of drug-likeness (QED) is 0.215. The highest BCUT2D eigenvalue weighted by Crippen LogP contribution is 2.30. The highest BCUT2D eigenvalue weighted by Gasteiger charge is 2.14. The number of carbonyl (C=O) groups excluding carboxylic acids is 3. The molecule has 0 aromatic heterocycles. The maximum Gasteiger partial charge on any atom is 0.337 e. The monoisotopic (exact) mass is 527 g/mol. The van der Waals surface area contributed by atoms with Crippen molar-refractivity contribution < 1.29 is 28.6 Å². The molecule has 2 amide bonds. The van der Waals surface area contributed by atoms with E-state index in [4.69, 9.17) is 9.47 Å². The number of amides is 2. The third-order valence-corrected chi connectivity index (χ3v) is 5.75. The van der Waals surface area contributed by atoms with Gasteiger partial charge < -0.3 is 24.8 Å². The first-order chi connectivity index (χ1) is 18.7. The number of rotatable bonds is 10. The highest BCUT2D eigenvalue weighted by atomic mass is 16.5. The number of benzene rings is 3. The van der Waals surface area contributed by atoms with Crippen molar-refractivity contribution in [2.75, 3.05) is 31.0 Å². The molecule has 3 rings (SSSR count). The molecule has 0 fully saturated rings. The first-order valence-corrected chi connectivity index (χ1v) is 12.1. The minimum atomic E-state index is -0.621. The lowest BCUT2D eigenvalue weighted by molar-refractivity contribution is -0.118. The summed E-state index contributed by atoms with van der Waals surface area (Å²) in [7, 11) is 1.28. The van der Waals surface area contributed by atoms with E-state index in [2.05, 4.69) is 15.4 Å². The summed E-state index contributed by atoms with van der Waals surface area (Å²) in [5.74, 6) is -0.728. The predicted molar refractivity (Wildman–Crippen MR) is 148 cm³/mol. The van der Waals surface area contributed by atoms with E-state index in [1.54, 1.807) is 25.1 Å². The summed E-state index contributed by atoms with van der Waals surface area (Å²) in [4.78, 5) is 36.7. The third-order valence-electron chi connectivity index (χ3n) is 5.75. The molecule has 9 nitrogen and oxygen atoms in total. The van der Waals surface area contributed by atoms with Gasteiger partial charge in [0.15, 0.2) is 18.1 Å². The Kier molecular flexibility index (Phi) is 9.82. The van der Waals surface area contributed by atoms with Crippen LogP contribution in [0.2, 0.25) is 0 Å². The van der Waals surface area contributed by atoms with Crippen molar-refractivity contribution in [2.24, 2.45) is 0 Å². The SMILES string of the molecule is CCOc1cc(/C=C(/C#N)C(=O)Nc2ccc(C(=O)OC)cc2)ccc1OCC(=O)Nc1cccc(C)c1C. The van der Waals surface area contributed by atoms with Gasteiger partial charge in [0.2, 0.25) is 0 Å². The van der Waals surface area contributed by atoms with Gasteiger partial charge in [-0.3, -0.25) is 9.59 Å². The van der Waals surface area contributed by atoms with Crippen LogP contribution in [0.3, 0.4) is 0 Å². The molecule has 0 radical (unpaired) electrons. The molecule has 2 N–H and O–H groups in total. The van der Waals surface area contributed by atoms with Crippen molar-refractivity contribution in [3.63, 3.8) is 0 Å². The number of carbonyl (C=O) groups is 3. The molecule has 200 valence electrons. The maximum absolute atomic E-state index is 12.7. The number of hydrogen-bond acceptors (Lipinski definition) is 7. The molecule has 0 unspecified atom stereocenters. The fourth-order valence-corrected chi connectivity index (χ4v) is 3.54. The van der Waals surface area contributed by atoms with E-state index < -0.39 is 11.9 Å². The minimum absolute atomic E-state index is 0.143. The van der Waals surface area contributed by atoms with Gasteiger partial charge in [-0.1, -0.05) is 18.2 Å². The van der Waals surface area contributed by atoms with Crippen LogP contribution in [0.15, 0.2) is 66.2 Å². The van der Waals surface area contributed by atoms with Gasteiger partial charge in [-0.25, -0.2) is 4.79 Å². The number of nitriles is 1. The van der Waals surface area contributed by atoms with Crippen molar-refractivity contribution in [2.45, 2.75) is 20.8 Å². The second-order valence-corrected chi connectivity index (χ2v) is 8.42. The molecule has 0 atom stereocenters. The molecule has 0 saturated carbocycles. The number of methoxy groups -OCH3 is 1. The zero-order valence-electron chi connectivity index (χ0n) is 22.2. The van der Waals surface area contributed by atoms with Crippen molar-refractivity contribution in [3.05, 3.63) is 88.5 Å². The minimum Gasteiger partial charge on any atom is -0.490 e. The average Bonchev–Trinajstić information content (AvgIpc) is 2.93. The Hall–Kier alpha value is -5.10. The van der Waals surface area contributed by atoms with E-state index in [1.807, 2.05) is 38.1 Å². The van der Waals surface area contributed by atoms with E-state index in [0.29, 0.717) is 34.9 Å². The van der Waals surface area contributed by atoms with Crippen LogP contribution in [0.25, 0.3) is 6.08 Å². The van der Waals surface area contributed by atoms with E-state index in [9.17, 15) is 19.6 Å². The molecular weight excluding hydrogens is 498 g/mol. The lowest BCUT2D eigenvalue weighted by atomic mass is 10.1. The molecule has 0 saturated heterocycles. The van der Waals surface area contributed by atoms with E-state index in [-0.39, 0.29) is 18.1 Å². The summed E-state index contributed by atoms with van der Waals surface area (Å²) in [5.41, 5.74) is 3.89. The molecule has 0 heterocycles. The van der Waals surface area contributed by atoms with Gasteiger partial charge in [0.05, 0.1) is 19.3 Å². The molecule has 39 heavy (non-hydrogen) atoms. The molecule has 3 aromatic rings. The molecule has 0 spiro atoms. The first kappa shape index (κ1) is 28.5. The number of anilines is 2. The number of hydrogen-bond donors (Lipinski definition) is 2. The fraction of sp³-hybridized carbons (Fsp3) is 0.200. The normalized spacial score (nSPS) is 10.7. The number of ether oxygens (including phenoxy) is 3.